The smallest absolute Gasteiger partial charge is 0.182 e. The fourth-order valence-electron chi connectivity index (χ4n) is 3.83. The first kappa shape index (κ1) is 13.8. The Morgan fingerprint density at radius 2 is 1.65 bits per heavy atom. The molecule has 0 amide bonds. The topological polar surface area (TPSA) is 29.3 Å². The van der Waals surface area contributed by atoms with Gasteiger partial charge in [0.1, 0.15) is 0 Å². The summed E-state index contributed by atoms with van der Waals surface area (Å²) in [7, 11) is 0. The minimum Gasteiger partial charge on any atom is -0.369 e. The lowest BCUT2D eigenvalue weighted by molar-refractivity contribution is 0.226. The summed E-state index contributed by atoms with van der Waals surface area (Å²) >= 11 is 0. The fourth-order valence-corrected chi connectivity index (χ4v) is 3.83. The number of halogens is 2. The number of nitrogens with two attached hydrogens (primary N) is 1. The first-order chi connectivity index (χ1) is 9.65. The molecule has 1 spiro atoms. The number of hydrogen-bond acceptors (Lipinski definition) is 2. The van der Waals surface area contributed by atoms with E-state index in [4.69, 9.17) is 5.73 Å². The van der Waals surface area contributed by atoms with E-state index in [1.807, 2.05) is 4.90 Å². The van der Waals surface area contributed by atoms with Gasteiger partial charge in [0.2, 0.25) is 0 Å². The normalized spacial score (nSPS) is 21.6. The van der Waals surface area contributed by atoms with Gasteiger partial charge in [0.25, 0.3) is 0 Å². The van der Waals surface area contributed by atoms with Crippen molar-refractivity contribution in [1.82, 2.24) is 0 Å². The van der Waals surface area contributed by atoms with Crippen LogP contribution in [0.4, 0.5) is 14.5 Å². The molecule has 2 N–H and O–H groups in total. The monoisotopic (exact) mass is 280 g/mol. The molecule has 1 aromatic rings. The Balaban J connectivity index is 1.76. The Kier molecular flexibility index (Phi) is 3.67. The molecule has 110 valence electrons. The molecule has 0 atom stereocenters. The molecule has 2 fully saturated rings. The molecule has 1 saturated carbocycles. The average Bonchev–Trinajstić information content (AvgIpc) is 2.92. The van der Waals surface area contributed by atoms with E-state index in [0.717, 1.165) is 25.9 Å². The lowest BCUT2D eigenvalue weighted by Crippen LogP contribution is -2.39. The van der Waals surface area contributed by atoms with Crippen molar-refractivity contribution in [1.29, 1.82) is 0 Å². The molecular formula is C16H22F2N2. The number of hydrogen-bond donors (Lipinski definition) is 1. The summed E-state index contributed by atoms with van der Waals surface area (Å²) in [5, 5.41) is 0. The molecular weight excluding hydrogens is 258 g/mol. The summed E-state index contributed by atoms with van der Waals surface area (Å²) in [5.41, 5.74) is 6.54. The van der Waals surface area contributed by atoms with Gasteiger partial charge in [-0.25, -0.2) is 8.78 Å². The quantitative estimate of drug-likeness (QED) is 0.897. The van der Waals surface area contributed by atoms with Crippen molar-refractivity contribution in [2.45, 2.75) is 45.1 Å². The molecule has 1 aliphatic heterocycles. The zero-order valence-corrected chi connectivity index (χ0v) is 11.8. The summed E-state index contributed by atoms with van der Waals surface area (Å²) in [4.78, 5) is 1.99. The lowest BCUT2D eigenvalue weighted by atomic mass is 9.77. The zero-order chi connectivity index (χ0) is 14.2. The SMILES string of the molecule is NCc1ccc(N2CCC3(CCCC3)CC2)c(F)c1F. The first-order valence-electron chi connectivity index (χ1n) is 7.57. The van der Waals surface area contributed by atoms with Crippen molar-refractivity contribution in [3.8, 4) is 0 Å². The Morgan fingerprint density at radius 1 is 1.00 bits per heavy atom. The largest absolute Gasteiger partial charge is 0.369 e. The maximum Gasteiger partial charge on any atom is 0.182 e. The molecule has 2 nitrogen and oxygen atoms in total. The number of nitrogens with zero attached hydrogens (tertiary/aromatic N) is 1. The number of anilines is 1. The van der Waals surface area contributed by atoms with Crippen LogP contribution in [-0.4, -0.2) is 13.1 Å². The van der Waals surface area contributed by atoms with Crippen LogP contribution in [0.2, 0.25) is 0 Å². The van der Waals surface area contributed by atoms with Crippen LogP contribution in [0.15, 0.2) is 12.1 Å². The maximum absolute atomic E-state index is 14.1. The molecule has 1 saturated heterocycles. The Bertz CT molecular complexity index is 485. The molecule has 0 bridgehead atoms. The Morgan fingerprint density at radius 3 is 2.25 bits per heavy atom. The predicted octanol–water partition coefficient (Wildman–Crippen LogP) is 3.58. The van der Waals surface area contributed by atoms with E-state index in [9.17, 15) is 8.78 Å². The van der Waals surface area contributed by atoms with Gasteiger partial charge < -0.3 is 10.6 Å². The standard InChI is InChI=1S/C16H22F2N2/c17-14-12(11-19)3-4-13(15(14)18)20-9-7-16(8-10-20)5-1-2-6-16/h3-4H,1-2,5-11,19H2. The van der Waals surface area contributed by atoms with Gasteiger partial charge in [0.15, 0.2) is 11.6 Å². The molecule has 0 radical (unpaired) electrons. The van der Waals surface area contributed by atoms with Crippen molar-refractivity contribution in [2.75, 3.05) is 18.0 Å². The van der Waals surface area contributed by atoms with Gasteiger partial charge in [0.05, 0.1) is 5.69 Å². The van der Waals surface area contributed by atoms with E-state index < -0.39 is 11.6 Å². The third-order valence-electron chi connectivity index (χ3n) is 5.19. The molecule has 1 aliphatic carbocycles. The van der Waals surface area contributed by atoms with E-state index in [2.05, 4.69) is 0 Å². The third-order valence-corrected chi connectivity index (χ3v) is 5.19. The number of benzene rings is 1. The van der Waals surface area contributed by atoms with Gasteiger partial charge in [-0.3, -0.25) is 0 Å². The molecule has 20 heavy (non-hydrogen) atoms. The van der Waals surface area contributed by atoms with Gasteiger partial charge in [0, 0.05) is 25.2 Å². The van der Waals surface area contributed by atoms with Gasteiger partial charge in [-0.1, -0.05) is 18.9 Å². The van der Waals surface area contributed by atoms with Crippen molar-refractivity contribution in [3.63, 3.8) is 0 Å². The molecule has 2 aliphatic rings. The highest BCUT2D eigenvalue weighted by atomic mass is 19.2. The minimum absolute atomic E-state index is 0.0339. The van der Waals surface area contributed by atoms with Crippen LogP contribution in [0.5, 0.6) is 0 Å². The lowest BCUT2D eigenvalue weighted by Gasteiger charge is -2.40. The first-order valence-corrected chi connectivity index (χ1v) is 7.57. The van der Waals surface area contributed by atoms with Crippen LogP contribution in [0.25, 0.3) is 0 Å². The summed E-state index contributed by atoms with van der Waals surface area (Å²) < 4.78 is 28.0. The van der Waals surface area contributed by atoms with Gasteiger partial charge >= 0.3 is 0 Å². The van der Waals surface area contributed by atoms with E-state index in [0.29, 0.717) is 11.1 Å². The highest BCUT2D eigenvalue weighted by Gasteiger charge is 2.37. The van der Waals surface area contributed by atoms with E-state index in [1.165, 1.54) is 25.7 Å². The van der Waals surface area contributed by atoms with Crippen LogP contribution < -0.4 is 10.6 Å². The van der Waals surface area contributed by atoms with Crippen molar-refractivity contribution < 1.29 is 8.78 Å². The highest BCUT2D eigenvalue weighted by Crippen LogP contribution is 2.46. The second kappa shape index (κ2) is 5.32. The molecule has 0 unspecified atom stereocenters. The Hall–Kier alpha value is -1.16. The van der Waals surface area contributed by atoms with Gasteiger partial charge in [-0.15, -0.1) is 0 Å². The van der Waals surface area contributed by atoms with Crippen LogP contribution in [-0.2, 0) is 6.54 Å². The van der Waals surface area contributed by atoms with Crippen LogP contribution in [0, 0.1) is 17.0 Å². The summed E-state index contributed by atoms with van der Waals surface area (Å²) in [6.45, 7) is 1.70. The summed E-state index contributed by atoms with van der Waals surface area (Å²) in [6.07, 6.45) is 7.48. The highest BCUT2D eigenvalue weighted by molar-refractivity contribution is 5.50. The molecule has 1 heterocycles. The minimum atomic E-state index is -0.786. The van der Waals surface area contributed by atoms with Crippen molar-refractivity contribution in [2.24, 2.45) is 11.1 Å². The van der Waals surface area contributed by atoms with Crippen molar-refractivity contribution in [3.05, 3.63) is 29.3 Å². The van der Waals surface area contributed by atoms with E-state index in [1.54, 1.807) is 12.1 Å². The van der Waals surface area contributed by atoms with Gasteiger partial charge in [-0.2, -0.15) is 0 Å². The third kappa shape index (κ3) is 2.30. The van der Waals surface area contributed by atoms with Crippen molar-refractivity contribution >= 4 is 5.69 Å². The maximum atomic E-state index is 14.1. The van der Waals surface area contributed by atoms with Crippen LogP contribution in [0.3, 0.4) is 0 Å². The zero-order valence-electron chi connectivity index (χ0n) is 11.8. The van der Waals surface area contributed by atoms with Crippen LogP contribution in [0.1, 0.15) is 44.1 Å². The second-order valence-electron chi connectivity index (χ2n) is 6.27. The average molecular weight is 280 g/mol. The number of piperidine rings is 1. The number of rotatable bonds is 2. The van der Waals surface area contributed by atoms with Gasteiger partial charge in [-0.05, 0) is 37.2 Å². The molecule has 4 heteroatoms. The van der Waals surface area contributed by atoms with Crippen LogP contribution >= 0.6 is 0 Å². The molecule has 1 aromatic carbocycles. The fraction of sp³-hybridized carbons (Fsp3) is 0.625. The summed E-state index contributed by atoms with van der Waals surface area (Å²) in [6, 6.07) is 3.28. The second-order valence-corrected chi connectivity index (χ2v) is 6.27. The Labute approximate surface area is 118 Å². The molecule has 3 rings (SSSR count). The summed E-state index contributed by atoms with van der Waals surface area (Å²) in [5.74, 6) is -1.53. The van der Waals surface area contributed by atoms with E-state index >= 15 is 0 Å². The predicted molar refractivity (Wildman–Crippen MR) is 76.6 cm³/mol. The molecule has 0 aromatic heterocycles. The van der Waals surface area contributed by atoms with E-state index in [-0.39, 0.29) is 12.1 Å².